The summed E-state index contributed by atoms with van der Waals surface area (Å²) in [6.07, 6.45) is 0.485. The fraction of sp³-hybridized carbons (Fsp3) is 0.263. The summed E-state index contributed by atoms with van der Waals surface area (Å²) in [5.74, 6) is -0.302. The van der Waals surface area contributed by atoms with E-state index in [1.807, 2.05) is 19.9 Å². The molecule has 0 radical (unpaired) electrons. The van der Waals surface area contributed by atoms with Crippen LogP contribution in [0.15, 0.2) is 41.3 Å². The maximum Gasteiger partial charge on any atom is 0.240 e. The van der Waals surface area contributed by atoms with Gasteiger partial charge in [0.1, 0.15) is 5.82 Å². The van der Waals surface area contributed by atoms with Gasteiger partial charge in [0, 0.05) is 23.1 Å². The minimum Gasteiger partial charge on any atom is -0.358 e. The summed E-state index contributed by atoms with van der Waals surface area (Å²) in [4.78, 5) is 3.51. The maximum atomic E-state index is 13.5. The molecule has 0 spiro atoms. The van der Waals surface area contributed by atoms with Crippen LogP contribution in [0.2, 0.25) is 0 Å². The Labute approximate surface area is 147 Å². The van der Waals surface area contributed by atoms with Crippen LogP contribution in [0.1, 0.15) is 22.4 Å². The number of nitrogens with one attached hydrogen (secondary N) is 2. The Morgan fingerprint density at radius 2 is 1.84 bits per heavy atom. The van der Waals surface area contributed by atoms with Crippen LogP contribution < -0.4 is 4.72 Å². The highest BCUT2D eigenvalue weighted by Gasteiger charge is 2.17. The molecular weight excluding hydrogens is 339 g/mol. The van der Waals surface area contributed by atoms with E-state index < -0.39 is 10.0 Å². The Morgan fingerprint density at radius 1 is 1.08 bits per heavy atom. The van der Waals surface area contributed by atoms with Crippen LogP contribution >= 0.6 is 0 Å². The fourth-order valence-corrected chi connectivity index (χ4v) is 4.42. The summed E-state index contributed by atoms with van der Waals surface area (Å²) in [6, 6.07) is 9.94. The molecule has 0 aliphatic heterocycles. The predicted octanol–water partition coefficient (Wildman–Crippen LogP) is 3.75. The molecule has 3 aromatic rings. The van der Waals surface area contributed by atoms with E-state index in [1.165, 1.54) is 12.1 Å². The summed E-state index contributed by atoms with van der Waals surface area (Å²) >= 11 is 0. The first-order chi connectivity index (χ1) is 11.8. The van der Waals surface area contributed by atoms with Crippen LogP contribution in [0.5, 0.6) is 0 Å². The third-order valence-corrected chi connectivity index (χ3v) is 5.98. The van der Waals surface area contributed by atoms with Crippen molar-refractivity contribution in [3.8, 4) is 0 Å². The van der Waals surface area contributed by atoms with E-state index in [2.05, 4.69) is 9.71 Å². The van der Waals surface area contributed by atoms with Crippen LogP contribution in [-0.2, 0) is 16.4 Å². The van der Waals surface area contributed by atoms with Crippen molar-refractivity contribution < 1.29 is 12.8 Å². The smallest absolute Gasteiger partial charge is 0.240 e. The van der Waals surface area contributed by atoms with Crippen LogP contribution in [0.3, 0.4) is 0 Å². The van der Waals surface area contributed by atoms with E-state index in [9.17, 15) is 12.8 Å². The van der Waals surface area contributed by atoms with E-state index >= 15 is 0 Å². The molecule has 0 unspecified atom stereocenters. The van der Waals surface area contributed by atoms with Gasteiger partial charge in [-0.2, -0.15) is 0 Å². The number of halogens is 1. The van der Waals surface area contributed by atoms with Crippen molar-refractivity contribution in [2.24, 2.45) is 0 Å². The lowest BCUT2D eigenvalue weighted by Gasteiger charge is -2.10. The maximum absolute atomic E-state index is 13.5. The Morgan fingerprint density at radius 3 is 2.60 bits per heavy atom. The van der Waals surface area contributed by atoms with Gasteiger partial charge in [-0.1, -0.05) is 12.1 Å². The molecule has 3 rings (SSSR count). The molecule has 2 N–H and O–H groups in total. The SMILES string of the molecule is Cc1ccc(C)c(S(=O)(=O)NCCc2c(C)[nH]c3ccc(F)cc23)c1. The number of sulfonamides is 1. The van der Waals surface area contributed by atoms with Gasteiger partial charge >= 0.3 is 0 Å². The second-order valence-electron chi connectivity index (χ2n) is 6.34. The first-order valence-corrected chi connectivity index (χ1v) is 9.60. The monoisotopic (exact) mass is 360 g/mol. The van der Waals surface area contributed by atoms with E-state index in [4.69, 9.17) is 0 Å². The second-order valence-corrected chi connectivity index (χ2v) is 8.07. The Bertz CT molecular complexity index is 1040. The summed E-state index contributed by atoms with van der Waals surface area (Å²) in [5, 5.41) is 0.795. The Balaban J connectivity index is 1.80. The number of H-pyrrole nitrogens is 1. The van der Waals surface area contributed by atoms with Crippen molar-refractivity contribution in [2.75, 3.05) is 6.54 Å². The zero-order valence-electron chi connectivity index (χ0n) is 14.5. The zero-order chi connectivity index (χ0) is 18.2. The third-order valence-electron chi connectivity index (χ3n) is 4.38. The molecule has 0 aliphatic carbocycles. The molecule has 6 heteroatoms. The fourth-order valence-electron chi connectivity index (χ4n) is 3.06. The number of fused-ring (bicyclic) bond motifs is 1. The molecule has 0 saturated carbocycles. The molecule has 0 fully saturated rings. The van der Waals surface area contributed by atoms with Crippen molar-refractivity contribution in [2.45, 2.75) is 32.1 Å². The van der Waals surface area contributed by atoms with Crippen molar-refractivity contribution in [1.82, 2.24) is 9.71 Å². The van der Waals surface area contributed by atoms with E-state index in [1.54, 1.807) is 25.1 Å². The highest BCUT2D eigenvalue weighted by molar-refractivity contribution is 7.89. The molecule has 132 valence electrons. The van der Waals surface area contributed by atoms with Gasteiger partial charge in [0.2, 0.25) is 10.0 Å². The van der Waals surface area contributed by atoms with Gasteiger partial charge in [-0.15, -0.1) is 0 Å². The predicted molar refractivity (Wildman–Crippen MR) is 97.8 cm³/mol. The molecule has 1 aromatic heterocycles. The summed E-state index contributed by atoms with van der Waals surface area (Å²) < 4.78 is 41.3. The van der Waals surface area contributed by atoms with E-state index in [-0.39, 0.29) is 12.4 Å². The second kappa shape index (κ2) is 6.61. The molecule has 1 heterocycles. The first kappa shape index (κ1) is 17.6. The number of aryl methyl sites for hydroxylation is 3. The molecule has 0 amide bonds. The number of aromatic nitrogens is 1. The highest BCUT2D eigenvalue weighted by Crippen LogP contribution is 2.23. The quantitative estimate of drug-likeness (QED) is 0.728. The summed E-state index contributed by atoms with van der Waals surface area (Å²) in [5.41, 5.74) is 4.31. The largest absolute Gasteiger partial charge is 0.358 e. The average Bonchev–Trinajstić information content (AvgIpc) is 2.85. The van der Waals surface area contributed by atoms with Crippen molar-refractivity contribution >= 4 is 20.9 Å². The van der Waals surface area contributed by atoms with Gasteiger partial charge in [-0.05, 0) is 68.1 Å². The normalized spacial score (nSPS) is 12.0. The Hall–Kier alpha value is -2.18. The summed E-state index contributed by atoms with van der Waals surface area (Å²) in [7, 11) is -3.58. The van der Waals surface area contributed by atoms with Gasteiger partial charge in [0.05, 0.1) is 4.90 Å². The Kier molecular flexibility index (Phi) is 4.67. The average molecular weight is 360 g/mol. The van der Waals surface area contributed by atoms with Crippen LogP contribution in [0.25, 0.3) is 10.9 Å². The standard InChI is InChI=1S/C19H21FN2O2S/c1-12-4-5-13(2)19(10-12)25(23,24)21-9-8-16-14(3)22-18-7-6-15(20)11-17(16)18/h4-7,10-11,21-22H,8-9H2,1-3H3. The number of rotatable bonds is 5. The van der Waals surface area contributed by atoms with E-state index in [0.29, 0.717) is 16.9 Å². The van der Waals surface area contributed by atoms with Gasteiger partial charge in [0.25, 0.3) is 0 Å². The number of aromatic amines is 1. The lowest BCUT2D eigenvalue weighted by Crippen LogP contribution is -2.26. The molecule has 0 bridgehead atoms. The number of hydrogen-bond acceptors (Lipinski definition) is 2. The minimum absolute atomic E-state index is 0.250. The number of hydrogen-bond donors (Lipinski definition) is 2. The topological polar surface area (TPSA) is 62.0 Å². The van der Waals surface area contributed by atoms with Crippen molar-refractivity contribution in [3.05, 3.63) is 64.6 Å². The molecular formula is C19H21FN2O2S. The molecule has 4 nitrogen and oxygen atoms in total. The van der Waals surface area contributed by atoms with Gasteiger partial charge in [0.15, 0.2) is 0 Å². The van der Waals surface area contributed by atoms with Crippen molar-refractivity contribution in [3.63, 3.8) is 0 Å². The van der Waals surface area contributed by atoms with Gasteiger partial charge in [-0.25, -0.2) is 17.5 Å². The molecule has 25 heavy (non-hydrogen) atoms. The van der Waals surface area contributed by atoms with Crippen LogP contribution in [-0.4, -0.2) is 19.9 Å². The van der Waals surface area contributed by atoms with Crippen LogP contribution in [0, 0.1) is 26.6 Å². The summed E-state index contributed by atoms with van der Waals surface area (Å²) in [6.45, 7) is 5.80. The molecule has 0 saturated heterocycles. The lowest BCUT2D eigenvalue weighted by atomic mass is 10.1. The molecule has 0 atom stereocenters. The number of benzene rings is 2. The molecule has 2 aromatic carbocycles. The highest BCUT2D eigenvalue weighted by atomic mass is 32.2. The lowest BCUT2D eigenvalue weighted by molar-refractivity contribution is 0.581. The molecule has 0 aliphatic rings. The zero-order valence-corrected chi connectivity index (χ0v) is 15.3. The van der Waals surface area contributed by atoms with E-state index in [0.717, 1.165) is 27.7 Å². The van der Waals surface area contributed by atoms with Gasteiger partial charge < -0.3 is 4.98 Å². The third kappa shape index (κ3) is 3.60. The van der Waals surface area contributed by atoms with Crippen LogP contribution in [0.4, 0.5) is 4.39 Å². The van der Waals surface area contributed by atoms with Crippen molar-refractivity contribution in [1.29, 1.82) is 0 Å². The first-order valence-electron chi connectivity index (χ1n) is 8.11. The van der Waals surface area contributed by atoms with Gasteiger partial charge in [-0.3, -0.25) is 0 Å². The minimum atomic E-state index is -3.58.